The topological polar surface area (TPSA) is 67.4 Å². The lowest BCUT2D eigenvalue weighted by atomic mass is 10.2. The maximum atomic E-state index is 8.99. The summed E-state index contributed by atoms with van der Waals surface area (Å²) in [6.07, 6.45) is 0.622. The van der Waals surface area contributed by atoms with Crippen LogP contribution in [-0.4, -0.2) is 20.0 Å². The van der Waals surface area contributed by atoms with Crippen molar-refractivity contribution < 1.29 is 0 Å². The first-order valence-corrected chi connectivity index (χ1v) is 5.60. The molecule has 2 rings (SSSR count). The number of aryl methyl sites for hydroxylation is 1. The third-order valence-electron chi connectivity index (χ3n) is 2.18. The third-order valence-corrected chi connectivity index (χ3v) is 2.73. The fourth-order valence-corrected chi connectivity index (χ4v) is 1.75. The minimum Gasteiger partial charge on any atom is -0.200 e. The van der Waals surface area contributed by atoms with Gasteiger partial charge >= 0.3 is 0 Å². The van der Waals surface area contributed by atoms with Crippen molar-refractivity contribution >= 4 is 23.2 Å². The highest BCUT2D eigenvalue weighted by atomic mass is 35.5. The summed E-state index contributed by atoms with van der Waals surface area (Å²) in [6, 6.07) is 5.24. The maximum absolute atomic E-state index is 8.99. The maximum Gasteiger partial charge on any atom is 0.177 e. The minimum atomic E-state index is 0.237. The molecule has 2 aromatic rings. The second-order valence-corrected chi connectivity index (χ2v) is 3.95. The molecule has 17 heavy (non-hydrogen) atoms. The Balaban J connectivity index is 2.57. The van der Waals surface area contributed by atoms with Gasteiger partial charge in [-0.3, -0.25) is 0 Å². The highest BCUT2D eigenvalue weighted by Crippen LogP contribution is 2.22. The van der Waals surface area contributed by atoms with E-state index in [1.807, 2.05) is 13.0 Å². The quantitative estimate of drug-likeness (QED) is 0.838. The SMILES string of the molecule is CCc1nn(-c2ccc(Cl)nn2)c(Cl)c1C#N. The number of nitriles is 1. The molecule has 0 N–H and O–H groups in total. The first-order valence-electron chi connectivity index (χ1n) is 4.84. The van der Waals surface area contributed by atoms with Gasteiger partial charge in [-0.1, -0.05) is 30.1 Å². The molecule has 0 aromatic carbocycles. The van der Waals surface area contributed by atoms with Crippen LogP contribution in [0.25, 0.3) is 5.82 Å². The van der Waals surface area contributed by atoms with Crippen molar-refractivity contribution in [1.29, 1.82) is 5.26 Å². The van der Waals surface area contributed by atoms with Crippen molar-refractivity contribution in [2.24, 2.45) is 0 Å². The standard InChI is InChI=1S/C10H7Cl2N5/c1-2-7-6(5-13)10(12)17(16-7)9-4-3-8(11)14-15-9/h3-4H,2H2,1H3. The average molecular weight is 268 g/mol. The van der Waals surface area contributed by atoms with Crippen LogP contribution in [0.4, 0.5) is 0 Å². The van der Waals surface area contributed by atoms with Gasteiger partial charge < -0.3 is 0 Å². The Kier molecular flexibility index (Phi) is 3.27. The first-order chi connectivity index (χ1) is 8.17. The van der Waals surface area contributed by atoms with E-state index >= 15 is 0 Å². The predicted molar refractivity (Wildman–Crippen MR) is 63.3 cm³/mol. The Bertz CT molecular complexity index is 582. The van der Waals surface area contributed by atoms with Gasteiger partial charge in [0.25, 0.3) is 0 Å². The molecule has 0 atom stereocenters. The molecule has 2 aromatic heterocycles. The summed E-state index contributed by atoms with van der Waals surface area (Å²) < 4.78 is 1.38. The summed E-state index contributed by atoms with van der Waals surface area (Å²) in [4.78, 5) is 0. The van der Waals surface area contributed by atoms with Crippen LogP contribution in [0.5, 0.6) is 0 Å². The highest BCUT2D eigenvalue weighted by molar-refractivity contribution is 6.31. The molecule has 0 aliphatic carbocycles. The summed E-state index contributed by atoms with van der Waals surface area (Å²) in [5, 5.41) is 21.3. The molecule has 2 heterocycles. The van der Waals surface area contributed by atoms with E-state index in [2.05, 4.69) is 15.3 Å². The zero-order chi connectivity index (χ0) is 12.4. The smallest absolute Gasteiger partial charge is 0.177 e. The normalized spacial score (nSPS) is 10.2. The van der Waals surface area contributed by atoms with Gasteiger partial charge in [0.15, 0.2) is 16.1 Å². The van der Waals surface area contributed by atoms with E-state index < -0.39 is 0 Å². The van der Waals surface area contributed by atoms with Gasteiger partial charge in [0.05, 0.1) is 5.69 Å². The fourth-order valence-electron chi connectivity index (χ4n) is 1.37. The zero-order valence-corrected chi connectivity index (χ0v) is 10.4. The van der Waals surface area contributed by atoms with Crippen LogP contribution in [0, 0.1) is 11.3 Å². The molecule has 0 bridgehead atoms. The average Bonchev–Trinajstić information content (AvgIpc) is 2.66. The molecule has 0 radical (unpaired) electrons. The molecule has 7 heteroatoms. The first kappa shape index (κ1) is 11.8. The van der Waals surface area contributed by atoms with Gasteiger partial charge in [-0.05, 0) is 18.6 Å². The van der Waals surface area contributed by atoms with Gasteiger partial charge in [0, 0.05) is 0 Å². The molecule has 0 fully saturated rings. The van der Waals surface area contributed by atoms with E-state index in [9.17, 15) is 0 Å². The van der Waals surface area contributed by atoms with Crippen molar-refractivity contribution in [3.8, 4) is 11.9 Å². The Morgan fingerprint density at radius 2 is 2.12 bits per heavy atom. The molecule has 0 aliphatic heterocycles. The lowest BCUT2D eigenvalue weighted by Gasteiger charge is -1.99. The fraction of sp³-hybridized carbons (Fsp3) is 0.200. The summed E-state index contributed by atoms with van der Waals surface area (Å²) in [5.41, 5.74) is 1.00. The molecular formula is C10H7Cl2N5. The Morgan fingerprint density at radius 1 is 1.35 bits per heavy atom. The number of halogens is 2. The van der Waals surface area contributed by atoms with Crippen molar-refractivity contribution in [1.82, 2.24) is 20.0 Å². The molecule has 5 nitrogen and oxygen atoms in total. The number of rotatable bonds is 2. The van der Waals surface area contributed by atoms with E-state index in [0.717, 1.165) is 0 Å². The Morgan fingerprint density at radius 3 is 2.59 bits per heavy atom. The number of hydrogen-bond donors (Lipinski definition) is 0. The summed E-state index contributed by atoms with van der Waals surface area (Å²) in [6.45, 7) is 1.90. The molecule has 86 valence electrons. The van der Waals surface area contributed by atoms with Gasteiger partial charge in [0.1, 0.15) is 11.6 Å². The molecule has 0 unspecified atom stereocenters. The van der Waals surface area contributed by atoms with Crippen molar-refractivity contribution in [3.05, 3.63) is 33.7 Å². The highest BCUT2D eigenvalue weighted by Gasteiger charge is 2.16. The van der Waals surface area contributed by atoms with Crippen LogP contribution in [-0.2, 0) is 6.42 Å². The summed E-state index contributed by atoms with van der Waals surface area (Å²) >= 11 is 11.7. The van der Waals surface area contributed by atoms with Crippen LogP contribution in [0.3, 0.4) is 0 Å². The van der Waals surface area contributed by atoms with Crippen LogP contribution in [0.15, 0.2) is 12.1 Å². The van der Waals surface area contributed by atoms with Crippen molar-refractivity contribution in [2.75, 3.05) is 0 Å². The number of hydrogen-bond acceptors (Lipinski definition) is 4. The van der Waals surface area contributed by atoms with Crippen LogP contribution in [0.2, 0.25) is 10.3 Å². The molecule has 0 aliphatic rings. The largest absolute Gasteiger partial charge is 0.200 e. The number of aromatic nitrogens is 4. The van der Waals surface area contributed by atoms with E-state index in [1.54, 1.807) is 12.1 Å². The lowest BCUT2D eigenvalue weighted by molar-refractivity contribution is 0.792. The summed E-state index contributed by atoms with van der Waals surface area (Å²) in [7, 11) is 0. The monoisotopic (exact) mass is 267 g/mol. The lowest BCUT2D eigenvalue weighted by Crippen LogP contribution is -2.01. The Labute approximate surface area is 108 Å². The van der Waals surface area contributed by atoms with E-state index in [4.69, 9.17) is 28.5 Å². The van der Waals surface area contributed by atoms with E-state index in [0.29, 0.717) is 23.5 Å². The number of nitrogens with zero attached hydrogens (tertiary/aromatic N) is 5. The van der Waals surface area contributed by atoms with E-state index in [1.165, 1.54) is 4.68 Å². The van der Waals surface area contributed by atoms with E-state index in [-0.39, 0.29) is 10.3 Å². The van der Waals surface area contributed by atoms with Crippen molar-refractivity contribution in [3.63, 3.8) is 0 Å². The predicted octanol–water partition coefficient (Wildman–Crippen LogP) is 2.40. The molecular weight excluding hydrogens is 261 g/mol. The minimum absolute atomic E-state index is 0.237. The summed E-state index contributed by atoms with van der Waals surface area (Å²) in [5.74, 6) is 0.426. The van der Waals surface area contributed by atoms with Crippen LogP contribution in [0.1, 0.15) is 18.2 Å². The molecule has 0 saturated heterocycles. The second-order valence-electron chi connectivity index (χ2n) is 3.20. The van der Waals surface area contributed by atoms with Crippen LogP contribution < -0.4 is 0 Å². The van der Waals surface area contributed by atoms with Gasteiger partial charge in [-0.2, -0.15) is 10.4 Å². The van der Waals surface area contributed by atoms with Crippen molar-refractivity contribution in [2.45, 2.75) is 13.3 Å². The molecule has 0 amide bonds. The second kappa shape index (κ2) is 4.70. The zero-order valence-electron chi connectivity index (χ0n) is 8.85. The van der Waals surface area contributed by atoms with Gasteiger partial charge in [0.2, 0.25) is 0 Å². The van der Waals surface area contributed by atoms with Gasteiger partial charge in [-0.15, -0.1) is 10.2 Å². The van der Waals surface area contributed by atoms with Gasteiger partial charge in [-0.25, -0.2) is 4.68 Å². The Hall–Kier alpha value is -1.64. The molecule has 0 saturated carbocycles. The molecule has 0 spiro atoms. The third kappa shape index (κ3) is 2.09. The van der Waals surface area contributed by atoms with Crippen LogP contribution >= 0.6 is 23.2 Å².